The van der Waals surface area contributed by atoms with Crippen molar-refractivity contribution in [2.45, 2.75) is 31.2 Å². The Morgan fingerprint density at radius 3 is 2.50 bits per heavy atom. The molecule has 0 unspecified atom stereocenters. The molecule has 1 aromatic carbocycles. The summed E-state index contributed by atoms with van der Waals surface area (Å²) in [6.07, 6.45) is 4.22. The number of para-hydroxylation sites is 2. The van der Waals surface area contributed by atoms with E-state index in [1.165, 1.54) is 0 Å². The van der Waals surface area contributed by atoms with E-state index in [0.717, 1.165) is 37.1 Å². The van der Waals surface area contributed by atoms with E-state index >= 15 is 0 Å². The highest BCUT2D eigenvalue weighted by atomic mass is 35.5. The van der Waals surface area contributed by atoms with Gasteiger partial charge in [0.2, 0.25) is 5.91 Å². The summed E-state index contributed by atoms with van der Waals surface area (Å²) in [7, 11) is 1.61. The van der Waals surface area contributed by atoms with E-state index in [1.54, 1.807) is 7.11 Å². The van der Waals surface area contributed by atoms with E-state index in [9.17, 15) is 4.79 Å². The Kier molecular flexibility index (Phi) is 9.25. The molecule has 1 saturated carbocycles. The molecule has 1 aliphatic carbocycles. The lowest BCUT2D eigenvalue weighted by Gasteiger charge is -2.28. The van der Waals surface area contributed by atoms with Gasteiger partial charge < -0.3 is 21.1 Å². The van der Waals surface area contributed by atoms with Gasteiger partial charge in [0, 0.05) is 6.54 Å². The topological polar surface area (TPSA) is 76.4 Å². The molecule has 7 heteroatoms. The van der Waals surface area contributed by atoms with Gasteiger partial charge >= 0.3 is 0 Å². The van der Waals surface area contributed by atoms with Crippen LogP contribution in [0.1, 0.15) is 25.7 Å². The minimum absolute atomic E-state index is 0. The fourth-order valence-electron chi connectivity index (χ4n) is 2.74. The van der Waals surface area contributed by atoms with Crippen LogP contribution in [0.25, 0.3) is 0 Å². The van der Waals surface area contributed by atoms with Crippen molar-refractivity contribution in [3.63, 3.8) is 0 Å². The second-order valence-electron chi connectivity index (χ2n) is 5.29. The largest absolute Gasteiger partial charge is 0.495 e. The van der Waals surface area contributed by atoms with Gasteiger partial charge in [-0.3, -0.25) is 4.79 Å². The molecule has 1 aliphatic rings. The SMILES string of the molecule is COc1ccccc1NCC(=O)NC1(CN)CCCC1.Cl.Cl. The smallest absolute Gasteiger partial charge is 0.239 e. The number of nitrogens with one attached hydrogen (secondary N) is 2. The van der Waals surface area contributed by atoms with Crippen molar-refractivity contribution in [2.24, 2.45) is 5.73 Å². The third-order valence-electron chi connectivity index (χ3n) is 3.90. The van der Waals surface area contributed by atoms with Crippen molar-refractivity contribution in [3.05, 3.63) is 24.3 Å². The van der Waals surface area contributed by atoms with Crippen LogP contribution in [0.3, 0.4) is 0 Å². The van der Waals surface area contributed by atoms with Crippen molar-refractivity contribution in [1.82, 2.24) is 5.32 Å². The maximum absolute atomic E-state index is 12.1. The Hall–Kier alpha value is -1.17. The first-order valence-electron chi connectivity index (χ1n) is 7.07. The first-order valence-corrected chi connectivity index (χ1v) is 7.07. The van der Waals surface area contributed by atoms with Gasteiger partial charge in [-0.1, -0.05) is 25.0 Å². The van der Waals surface area contributed by atoms with Crippen LogP contribution >= 0.6 is 24.8 Å². The van der Waals surface area contributed by atoms with E-state index in [0.29, 0.717) is 6.54 Å². The predicted octanol–water partition coefficient (Wildman–Crippen LogP) is 2.34. The molecule has 0 heterocycles. The first-order chi connectivity index (χ1) is 9.69. The van der Waals surface area contributed by atoms with Crippen molar-refractivity contribution in [3.8, 4) is 5.75 Å². The number of amides is 1. The highest BCUT2D eigenvalue weighted by Gasteiger charge is 2.33. The summed E-state index contributed by atoms with van der Waals surface area (Å²) in [4.78, 5) is 12.1. The zero-order valence-corrected chi connectivity index (χ0v) is 14.4. The molecule has 0 aromatic heterocycles. The third-order valence-corrected chi connectivity index (χ3v) is 3.90. The molecule has 1 fully saturated rings. The van der Waals surface area contributed by atoms with Crippen LogP contribution in [0.5, 0.6) is 5.75 Å². The van der Waals surface area contributed by atoms with Crippen molar-refractivity contribution >= 4 is 36.4 Å². The lowest BCUT2D eigenvalue weighted by Crippen LogP contribution is -2.53. The van der Waals surface area contributed by atoms with Gasteiger partial charge in [0.1, 0.15) is 5.75 Å². The molecule has 4 N–H and O–H groups in total. The summed E-state index contributed by atoms with van der Waals surface area (Å²) in [5, 5.41) is 6.18. The number of anilines is 1. The molecule has 0 saturated heterocycles. The molecular weight excluding hydrogens is 325 g/mol. The monoisotopic (exact) mass is 349 g/mol. The quantitative estimate of drug-likeness (QED) is 0.736. The summed E-state index contributed by atoms with van der Waals surface area (Å²) in [5.74, 6) is 0.706. The van der Waals surface area contributed by atoms with Crippen LogP contribution in [-0.2, 0) is 4.79 Å². The zero-order valence-electron chi connectivity index (χ0n) is 12.8. The Bertz CT molecular complexity index is 466. The van der Waals surface area contributed by atoms with Crippen molar-refractivity contribution < 1.29 is 9.53 Å². The molecule has 126 valence electrons. The van der Waals surface area contributed by atoms with Gasteiger partial charge in [0.25, 0.3) is 0 Å². The molecule has 0 atom stereocenters. The van der Waals surface area contributed by atoms with Gasteiger partial charge in [-0.25, -0.2) is 0 Å². The average Bonchev–Trinajstić information content (AvgIpc) is 2.94. The molecule has 1 aromatic rings. The van der Waals surface area contributed by atoms with Gasteiger partial charge in [-0.05, 0) is 25.0 Å². The van der Waals surface area contributed by atoms with Crippen LogP contribution in [0.15, 0.2) is 24.3 Å². The van der Waals surface area contributed by atoms with Gasteiger partial charge in [-0.2, -0.15) is 0 Å². The van der Waals surface area contributed by atoms with Crippen LogP contribution in [-0.4, -0.2) is 31.6 Å². The van der Waals surface area contributed by atoms with Crippen LogP contribution in [0.2, 0.25) is 0 Å². The first kappa shape index (κ1) is 20.8. The zero-order chi connectivity index (χ0) is 14.4. The van der Waals surface area contributed by atoms with Gasteiger partial charge in [-0.15, -0.1) is 24.8 Å². The maximum atomic E-state index is 12.1. The highest BCUT2D eigenvalue weighted by molar-refractivity contribution is 5.85. The number of nitrogens with two attached hydrogens (primary N) is 1. The van der Waals surface area contributed by atoms with Gasteiger partial charge in [0.15, 0.2) is 0 Å². The number of hydrogen-bond acceptors (Lipinski definition) is 4. The fourth-order valence-corrected chi connectivity index (χ4v) is 2.74. The maximum Gasteiger partial charge on any atom is 0.239 e. The lowest BCUT2D eigenvalue weighted by molar-refractivity contribution is -0.121. The van der Waals surface area contributed by atoms with E-state index in [4.69, 9.17) is 10.5 Å². The fraction of sp³-hybridized carbons (Fsp3) is 0.533. The molecule has 2 rings (SSSR count). The highest BCUT2D eigenvalue weighted by Crippen LogP contribution is 2.28. The molecule has 0 radical (unpaired) electrons. The number of carbonyl (C=O) groups excluding carboxylic acids is 1. The van der Waals surface area contributed by atoms with E-state index in [2.05, 4.69) is 10.6 Å². The number of methoxy groups -OCH3 is 1. The second-order valence-corrected chi connectivity index (χ2v) is 5.29. The summed E-state index contributed by atoms with van der Waals surface area (Å²) >= 11 is 0. The molecule has 1 amide bonds. The molecule has 0 bridgehead atoms. The Morgan fingerprint density at radius 2 is 1.91 bits per heavy atom. The standard InChI is InChI=1S/C15H23N3O2.2ClH/c1-20-13-7-3-2-6-12(13)17-10-14(19)18-15(11-16)8-4-5-9-15;;/h2-3,6-7,17H,4-5,8-11,16H2,1H3,(H,18,19);2*1H. The summed E-state index contributed by atoms with van der Waals surface area (Å²) in [6.45, 7) is 0.732. The van der Waals surface area contributed by atoms with E-state index < -0.39 is 0 Å². The van der Waals surface area contributed by atoms with E-state index in [-0.39, 0.29) is 42.8 Å². The third kappa shape index (κ3) is 5.23. The van der Waals surface area contributed by atoms with Crippen LogP contribution in [0, 0.1) is 0 Å². The number of rotatable bonds is 6. The van der Waals surface area contributed by atoms with Crippen LogP contribution < -0.4 is 21.1 Å². The second kappa shape index (κ2) is 9.77. The minimum Gasteiger partial charge on any atom is -0.495 e. The average molecular weight is 350 g/mol. The lowest BCUT2D eigenvalue weighted by atomic mass is 9.98. The van der Waals surface area contributed by atoms with Crippen molar-refractivity contribution in [2.75, 3.05) is 25.5 Å². The number of carbonyl (C=O) groups is 1. The predicted molar refractivity (Wildman–Crippen MR) is 94.4 cm³/mol. The number of halogens is 2. The number of hydrogen-bond donors (Lipinski definition) is 3. The number of ether oxygens (including phenoxy) is 1. The summed E-state index contributed by atoms with van der Waals surface area (Å²) in [6, 6.07) is 7.55. The molecule has 5 nitrogen and oxygen atoms in total. The molecular formula is C15H25Cl2N3O2. The minimum atomic E-state index is -0.195. The Labute approximate surface area is 144 Å². The Balaban J connectivity index is 0.00000220. The Morgan fingerprint density at radius 1 is 1.27 bits per heavy atom. The molecule has 22 heavy (non-hydrogen) atoms. The van der Waals surface area contributed by atoms with E-state index in [1.807, 2.05) is 24.3 Å². The summed E-state index contributed by atoms with van der Waals surface area (Å²) < 4.78 is 5.24. The van der Waals surface area contributed by atoms with Crippen LogP contribution in [0.4, 0.5) is 5.69 Å². The van der Waals surface area contributed by atoms with Gasteiger partial charge in [0.05, 0.1) is 24.9 Å². The summed E-state index contributed by atoms with van der Waals surface area (Å²) in [5.41, 5.74) is 6.44. The molecule has 0 spiro atoms. The number of benzene rings is 1. The normalized spacial score (nSPS) is 15.2. The molecule has 0 aliphatic heterocycles. The van der Waals surface area contributed by atoms with Crippen molar-refractivity contribution in [1.29, 1.82) is 0 Å².